The molecule has 1 aliphatic carbocycles. The van der Waals surface area contributed by atoms with Crippen molar-refractivity contribution < 1.29 is 4.74 Å². The zero-order chi connectivity index (χ0) is 12.0. The van der Waals surface area contributed by atoms with Gasteiger partial charge < -0.3 is 10.1 Å². The first-order valence-electron chi connectivity index (χ1n) is 6.78. The van der Waals surface area contributed by atoms with Crippen LogP contribution in [0.2, 0.25) is 0 Å². The van der Waals surface area contributed by atoms with Crippen LogP contribution in [-0.2, 0) is 4.74 Å². The minimum Gasteiger partial charge on any atom is -0.385 e. The van der Waals surface area contributed by atoms with Crippen molar-refractivity contribution in [1.29, 1.82) is 0 Å². The van der Waals surface area contributed by atoms with Gasteiger partial charge in [0.1, 0.15) is 0 Å². The van der Waals surface area contributed by atoms with Gasteiger partial charge in [-0.15, -0.1) is 0 Å². The maximum atomic E-state index is 5.09. The van der Waals surface area contributed by atoms with Gasteiger partial charge in [-0.05, 0) is 37.1 Å². The highest BCUT2D eigenvalue weighted by Crippen LogP contribution is 2.37. The molecule has 0 aromatic carbocycles. The average Bonchev–Trinajstić information content (AvgIpc) is 2.24. The third-order valence-corrected chi connectivity index (χ3v) is 3.81. The second kappa shape index (κ2) is 6.61. The highest BCUT2D eigenvalue weighted by atomic mass is 16.5. The van der Waals surface area contributed by atoms with Crippen LogP contribution in [0.4, 0.5) is 0 Å². The normalized spacial score (nSPS) is 27.0. The highest BCUT2D eigenvalue weighted by molar-refractivity contribution is 4.88. The molecule has 2 nitrogen and oxygen atoms in total. The molecule has 1 saturated carbocycles. The first kappa shape index (κ1) is 14.0. The second-order valence-electron chi connectivity index (χ2n) is 6.16. The summed E-state index contributed by atoms with van der Waals surface area (Å²) in [5.74, 6) is 0.837. The molecule has 0 saturated heterocycles. The van der Waals surface area contributed by atoms with Crippen LogP contribution in [0.25, 0.3) is 0 Å². The lowest BCUT2D eigenvalue weighted by Crippen LogP contribution is -2.44. The predicted molar refractivity (Wildman–Crippen MR) is 69.7 cm³/mol. The molecule has 0 aliphatic heterocycles. The topological polar surface area (TPSA) is 21.3 Å². The van der Waals surface area contributed by atoms with Gasteiger partial charge in [-0.3, -0.25) is 0 Å². The molecule has 0 aromatic heterocycles. The fraction of sp³-hybridized carbons (Fsp3) is 1.00. The summed E-state index contributed by atoms with van der Waals surface area (Å²) in [7, 11) is 1.78. The largest absolute Gasteiger partial charge is 0.385 e. The monoisotopic (exact) mass is 227 g/mol. The molecule has 1 rings (SSSR count). The predicted octanol–water partition coefficient (Wildman–Crippen LogP) is 3.22. The molecule has 0 aromatic rings. The summed E-state index contributed by atoms with van der Waals surface area (Å²) in [6, 6.07) is 0.727. The quantitative estimate of drug-likeness (QED) is 0.728. The molecule has 0 unspecified atom stereocenters. The van der Waals surface area contributed by atoms with Gasteiger partial charge in [-0.1, -0.05) is 33.6 Å². The molecule has 1 aliphatic rings. The van der Waals surface area contributed by atoms with Gasteiger partial charge in [0.25, 0.3) is 0 Å². The average molecular weight is 227 g/mol. The lowest BCUT2D eigenvalue weighted by molar-refractivity contribution is 0.127. The first-order chi connectivity index (χ1) is 7.55. The van der Waals surface area contributed by atoms with E-state index in [4.69, 9.17) is 4.74 Å². The summed E-state index contributed by atoms with van der Waals surface area (Å²) < 4.78 is 5.09. The van der Waals surface area contributed by atoms with Crippen LogP contribution in [0, 0.1) is 11.3 Å². The fourth-order valence-corrected chi connectivity index (χ4v) is 2.92. The van der Waals surface area contributed by atoms with Crippen LogP contribution < -0.4 is 5.32 Å². The van der Waals surface area contributed by atoms with Crippen molar-refractivity contribution in [1.82, 2.24) is 5.32 Å². The third kappa shape index (κ3) is 4.42. The number of ether oxygens (including phenoxy) is 1. The first-order valence-corrected chi connectivity index (χ1v) is 6.78. The van der Waals surface area contributed by atoms with E-state index in [1.807, 2.05) is 0 Å². The summed E-state index contributed by atoms with van der Waals surface area (Å²) in [6.45, 7) is 9.12. The van der Waals surface area contributed by atoms with E-state index in [0.29, 0.717) is 5.41 Å². The summed E-state index contributed by atoms with van der Waals surface area (Å²) >= 11 is 0. The van der Waals surface area contributed by atoms with Crippen molar-refractivity contribution >= 4 is 0 Å². The van der Waals surface area contributed by atoms with E-state index < -0.39 is 0 Å². The SMILES string of the molecule is COCCCN[C@H]1CCCC[C@H]1C(C)(C)C. The van der Waals surface area contributed by atoms with Gasteiger partial charge in [-0.25, -0.2) is 0 Å². The molecule has 1 fully saturated rings. The van der Waals surface area contributed by atoms with Crippen LogP contribution in [0.15, 0.2) is 0 Å². The van der Waals surface area contributed by atoms with Crippen LogP contribution in [0.5, 0.6) is 0 Å². The van der Waals surface area contributed by atoms with E-state index in [1.165, 1.54) is 25.7 Å². The number of rotatable bonds is 5. The summed E-state index contributed by atoms with van der Waals surface area (Å²) in [5, 5.41) is 3.73. The maximum Gasteiger partial charge on any atom is 0.0474 e. The molecule has 2 heteroatoms. The number of hydrogen-bond acceptors (Lipinski definition) is 2. The van der Waals surface area contributed by atoms with Crippen LogP contribution in [0.1, 0.15) is 52.9 Å². The molecule has 2 atom stereocenters. The third-order valence-electron chi connectivity index (χ3n) is 3.81. The van der Waals surface area contributed by atoms with Gasteiger partial charge >= 0.3 is 0 Å². The minimum absolute atomic E-state index is 0.444. The van der Waals surface area contributed by atoms with Crippen LogP contribution in [0.3, 0.4) is 0 Å². The van der Waals surface area contributed by atoms with Gasteiger partial charge in [0.15, 0.2) is 0 Å². The lowest BCUT2D eigenvalue weighted by Gasteiger charge is -2.41. The van der Waals surface area contributed by atoms with Gasteiger partial charge in [0.05, 0.1) is 0 Å². The van der Waals surface area contributed by atoms with E-state index in [9.17, 15) is 0 Å². The van der Waals surface area contributed by atoms with Gasteiger partial charge in [0.2, 0.25) is 0 Å². The van der Waals surface area contributed by atoms with Crippen LogP contribution in [-0.4, -0.2) is 26.3 Å². The zero-order valence-corrected chi connectivity index (χ0v) is 11.5. The van der Waals surface area contributed by atoms with Crippen molar-refractivity contribution in [2.75, 3.05) is 20.3 Å². The second-order valence-corrected chi connectivity index (χ2v) is 6.16. The Kier molecular flexibility index (Phi) is 5.77. The van der Waals surface area contributed by atoms with Crippen molar-refractivity contribution in [3.63, 3.8) is 0 Å². The number of methoxy groups -OCH3 is 1. The Morgan fingerprint density at radius 2 is 1.88 bits per heavy atom. The fourth-order valence-electron chi connectivity index (χ4n) is 2.92. The molecule has 16 heavy (non-hydrogen) atoms. The van der Waals surface area contributed by atoms with E-state index in [1.54, 1.807) is 7.11 Å². The Morgan fingerprint density at radius 1 is 1.19 bits per heavy atom. The minimum atomic E-state index is 0.444. The molecule has 1 N–H and O–H groups in total. The Morgan fingerprint density at radius 3 is 2.50 bits per heavy atom. The molecule has 0 heterocycles. The molecule has 0 bridgehead atoms. The zero-order valence-electron chi connectivity index (χ0n) is 11.5. The molecular weight excluding hydrogens is 198 g/mol. The molecule has 0 amide bonds. The lowest BCUT2D eigenvalue weighted by atomic mass is 9.69. The number of hydrogen-bond donors (Lipinski definition) is 1. The number of nitrogens with one attached hydrogen (secondary N) is 1. The van der Waals surface area contributed by atoms with Crippen molar-refractivity contribution in [2.45, 2.75) is 58.9 Å². The standard InChI is InChI=1S/C14H29NO/c1-14(2,3)12-8-5-6-9-13(12)15-10-7-11-16-4/h12-13,15H,5-11H2,1-4H3/t12-,13+/m1/s1. The Bertz CT molecular complexity index is 186. The highest BCUT2D eigenvalue weighted by Gasteiger charge is 2.33. The Labute approximate surface area is 101 Å². The molecule has 96 valence electrons. The van der Waals surface area contributed by atoms with E-state index in [-0.39, 0.29) is 0 Å². The Balaban J connectivity index is 2.35. The smallest absolute Gasteiger partial charge is 0.0474 e. The summed E-state index contributed by atoms with van der Waals surface area (Å²) in [4.78, 5) is 0. The van der Waals surface area contributed by atoms with Crippen molar-refractivity contribution in [3.05, 3.63) is 0 Å². The van der Waals surface area contributed by atoms with E-state index >= 15 is 0 Å². The Hall–Kier alpha value is -0.0800. The van der Waals surface area contributed by atoms with E-state index in [2.05, 4.69) is 26.1 Å². The molecular formula is C14H29NO. The molecule has 0 spiro atoms. The summed E-state index contributed by atoms with van der Waals surface area (Å²) in [6.07, 6.45) is 6.69. The van der Waals surface area contributed by atoms with Crippen LogP contribution >= 0.6 is 0 Å². The van der Waals surface area contributed by atoms with Gasteiger partial charge in [-0.2, -0.15) is 0 Å². The van der Waals surface area contributed by atoms with Gasteiger partial charge in [0, 0.05) is 19.8 Å². The maximum absolute atomic E-state index is 5.09. The molecule has 0 radical (unpaired) electrons. The van der Waals surface area contributed by atoms with Crippen molar-refractivity contribution in [3.8, 4) is 0 Å². The van der Waals surface area contributed by atoms with Crippen molar-refractivity contribution in [2.24, 2.45) is 11.3 Å². The van der Waals surface area contributed by atoms with E-state index in [0.717, 1.165) is 31.5 Å². The summed E-state index contributed by atoms with van der Waals surface area (Å²) in [5.41, 5.74) is 0.444.